The second-order valence-corrected chi connectivity index (χ2v) is 7.66. The molecule has 1 aliphatic carbocycles. The maximum atomic E-state index is 12.6. The summed E-state index contributed by atoms with van der Waals surface area (Å²) in [6, 6.07) is 4.39. The van der Waals surface area contributed by atoms with Crippen molar-refractivity contribution in [3.05, 3.63) is 23.8 Å². The lowest BCUT2D eigenvalue weighted by Gasteiger charge is -2.15. The van der Waals surface area contributed by atoms with Crippen molar-refractivity contribution in [2.45, 2.75) is 42.7 Å². The van der Waals surface area contributed by atoms with E-state index in [0.29, 0.717) is 12.3 Å². The van der Waals surface area contributed by atoms with Gasteiger partial charge in [-0.2, -0.15) is 0 Å². The quantitative estimate of drug-likeness (QED) is 0.693. The summed E-state index contributed by atoms with van der Waals surface area (Å²) in [6.45, 7) is 0.845. The molecule has 23 heavy (non-hydrogen) atoms. The van der Waals surface area contributed by atoms with Gasteiger partial charge in [-0.25, -0.2) is 17.9 Å². The fourth-order valence-corrected chi connectivity index (χ4v) is 3.79. The van der Waals surface area contributed by atoms with Crippen molar-refractivity contribution in [1.29, 1.82) is 0 Å². The van der Waals surface area contributed by atoms with Crippen LogP contribution in [-0.4, -0.2) is 44.8 Å². The first-order valence-corrected chi connectivity index (χ1v) is 9.19. The summed E-state index contributed by atoms with van der Waals surface area (Å²) >= 11 is 0. The zero-order valence-electron chi connectivity index (χ0n) is 12.6. The van der Waals surface area contributed by atoms with E-state index in [0.717, 1.165) is 25.7 Å². The monoisotopic (exact) mass is 340 g/mol. The molecule has 1 aliphatic heterocycles. The lowest BCUT2D eigenvalue weighted by molar-refractivity contribution is 0.0696. The Labute approximate surface area is 135 Å². The van der Waals surface area contributed by atoms with E-state index in [4.69, 9.17) is 9.84 Å². The Hall–Kier alpha value is -1.64. The summed E-state index contributed by atoms with van der Waals surface area (Å²) < 4.78 is 33.1. The molecule has 1 atom stereocenters. The maximum absolute atomic E-state index is 12.6. The van der Waals surface area contributed by atoms with Gasteiger partial charge < -0.3 is 15.2 Å². The minimum Gasteiger partial charge on any atom is -0.478 e. The van der Waals surface area contributed by atoms with E-state index in [-0.39, 0.29) is 29.1 Å². The van der Waals surface area contributed by atoms with E-state index in [1.54, 1.807) is 0 Å². The van der Waals surface area contributed by atoms with Gasteiger partial charge in [0.1, 0.15) is 4.90 Å². The van der Waals surface area contributed by atoms with Gasteiger partial charge >= 0.3 is 5.97 Å². The van der Waals surface area contributed by atoms with E-state index in [2.05, 4.69) is 10.0 Å². The third-order valence-electron chi connectivity index (χ3n) is 3.98. The highest BCUT2D eigenvalue weighted by Crippen LogP contribution is 2.30. The van der Waals surface area contributed by atoms with Crippen LogP contribution in [-0.2, 0) is 14.8 Å². The summed E-state index contributed by atoms with van der Waals surface area (Å²) in [6.07, 6.45) is 3.61. The minimum absolute atomic E-state index is 0.0257. The zero-order valence-corrected chi connectivity index (χ0v) is 13.4. The molecule has 8 heteroatoms. The minimum atomic E-state index is -3.81. The van der Waals surface area contributed by atoms with E-state index >= 15 is 0 Å². The van der Waals surface area contributed by atoms with Crippen molar-refractivity contribution in [2.75, 3.05) is 18.5 Å². The van der Waals surface area contributed by atoms with Crippen LogP contribution in [0.5, 0.6) is 0 Å². The van der Waals surface area contributed by atoms with Gasteiger partial charge in [0.25, 0.3) is 0 Å². The fourth-order valence-electron chi connectivity index (χ4n) is 2.53. The number of hydrogen-bond donors (Lipinski definition) is 3. The predicted octanol–water partition coefficient (Wildman–Crippen LogP) is 1.42. The molecule has 1 saturated heterocycles. The number of hydrogen-bond acceptors (Lipinski definition) is 5. The molecule has 126 valence electrons. The third-order valence-corrected chi connectivity index (χ3v) is 5.44. The molecule has 1 aromatic rings. The molecule has 3 N–H and O–H groups in total. The number of benzene rings is 1. The van der Waals surface area contributed by atoms with Gasteiger partial charge in [0, 0.05) is 19.2 Å². The van der Waals surface area contributed by atoms with Crippen molar-refractivity contribution >= 4 is 21.7 Å². The van der Waals surface area contributed by atoms with E-state index < -0.39 is 16.0 Å². The SMILES string of the molecule is O=C(O)c1ccc(NC2CC2)c(S(=O)(=O)NC[C@@H]2CCCO2)c1. The molecule has 1 saturated carbocycles. The second kappa shape index (κ2) is 6.46. The number of nitrogens with one attached hydrogen (secondary N) is 2. The Balaban J connectivity index is 1.83. The molecular weight excluding hydrogens is 320 g/mol. The van der Waals surface area contributed by atoms with Gasteiger partial charge in [0.15, 0.2) is 0 Å². The van der Waals surface area contributed by atoms with Gasteiger partial charge in [-0.3, -0.25) is 0 Å². The molecule has 1 heterocycles. The normalized spacial score (nSPS) is 21.3. The van der Waals surface area contributed by atoms with E-state index in [1.807, 2.05) is 0 Å². The smallest absolute Gasteiger partial charge is 0.335 e. The summed E-state index contributed by atoms with van der Waals surface area (Å²) in [5, 5.41) is 12.2. The lowest BCUT2D eigenvalue weighted by Crippen LogP contribution is -2.32. The molecule has 0 radical (unpaired) electrons. The van der Waals surface area contributed by atoms with Gasteiger partial charge in [0.05, 0.1) is 17.4 Å². The summed E-state index contributed by atoms with van der Waals surface area (Å²) in [5.74, 6) is -1.15. The number of sulfonamides is 1. The van der Waals surface area contributed by atoms with Gasteiger partial charge in [0.2, 0.25) is 10.0 Å². The van der Waals surface area contributed by atoms with E-state index in [1.165, 1.54) is 18.2 Å². The number of anilines is 1. The largest absolute Gasteiger partial charge is 0.478 e. The molecule has 3 rings (SSSR count). The highest BCUT2D eigenvalue weighted by atomic mass is 32.2. The Bertz CT molecular complexity index is 694. The van der Waals surface area contributed by atoms with Crippen LogP contribution in [0.1, 0.15) is 36.0 Å². The Morgan fingerprint density at radius 3 is 2.70 bits per heavy atom. The average Bonchev–Trinajstić information content (AvgIpc) is 3.16. The lowest BCUT2D eigenvalue weighted by atomic mass is 10.2. The second-order valence-electron chi connectivity index (χ2n) is 5.92. The molecule has 0 unspecified atom stereocenters. The topological polar surface area (TPSA) is 105 Å². The van der Waals surface area contributed by atoms with Crippen LogP contribution in [0.15, 0.2) is 23.1 Å². The Kier molecular flexibility index (Phi) is 4.56. The molecular formula is C15H20N2O5S. The Morgan fingerprint density at radius 1 is 1.30 bits per heavy atom. The van der Waals surface area contributed by atoms with Gasteiger partial charge in [-0.1, -0.05) is 0 Å². The van der Waals surface area contributed by atoms with Crippen LogP contribution in [0.25, 0.3) is 0 Å². The van der Waals surface area contributed by atoms with Crippen LogP contribution in [0.2, 0.25) is 0 Å². The van der Waals surface area contributed by atoms with Gasteiger partial charge in [-0.05, 0) is 43.9 Å². The number of ether oxygens (including phenoxy) is 1. The summed E-state index contributed by atoms with van der Waals surface area (Å²) in [4.78, 5) is 11.1. The molecule has 0 aromatic heterocycles. The fraction of sp³-hybridized carbons (Fsp3) is 0.533. The third kappa shape index (κ3) is 4.01. The van der Waals surface area contributed by atoms with E-state index in [9.17, 15) is 13.2 Å². The molecule has 0 bridgehead atoms. The van der Waals surface area contributed by atoms with Crippen LogP contribution in [0.3, 0.4) is 0 Å². The number of rotatable bonds is 7. The highest BCUT2D eigenvalue weighted by molar-refractivity contribution is 7.89. The summed E-state index contributed by atoms with van der Waals surface area (Å²) in [5.41, 5.74) is 0.390. The molecule has 0 spiro atoms. The zero-order chi connectivity index (χ0) is 16.4. The van der Waals surface area contributed by atoms with Crippen molar-refractivity contribution in [3.8, 4) is 0 Å². The van der Waals surface area contributed by atoms with Crippen LogP contribution in [0, 0.1) is 0 Å². The molecule has 2 fully saturated rings. The maximum Gasteiger partial charge on any atom is 0.335 e. The van der Waals surface area contributed by atoms with Crippen molar-refractivity contribution in [1.82, 2.24) is 4.72 Å². The van der Waals surface area contributed by atoms with Crippen molar-refractivity contribution < 1.29 is 23.1 Å². The number of carbonyl (C=O) groups is 1. The standard InChI is InChI=1S/C15H20N2O5S/c18-15(19)10-3-6-13(17-11-4-5-11)14(8-10)23(20,21)16-9-12-2-1-7-22-12/h3,6,8,11-12,16-17H,1-2,4-5,7,9H2,(H,18,19)/t12-/m0/s1. The summed E-state index contributed by atoms with van der Waals surface area (Å²) in [7, 11) is -3.81. The molecule has 0 amide bonds. The van der Waals surface area contributed by atoms with Gasteiger partial charge in [-0.15, -0.1) is 0 Å². The van der Waals surface area contributed by atoms with Crippen LogP contribution >= 0.6 is 0 Å². The molecule has 1 aromatic carbocycles. The number of aromatic carboxylic acids is 1. The van der Waals surface area contributed by atoms with Crippen molar-refractivity contribution in [3.63, 3.8) is 0 Å². The van der Waals surface area contributed by atoms with Crippen molar-refractivity contribution in [2.24, 2.45) is 0 Å². The first-order valence-electron chi connectivity index (χ1n) is 7.71. The number of carboxylic acid groups (broad SMARTS) is 1. The first kappa shape index (κ1) is 16.2. The Morgan fingerprint density at radius 2 is 2.09 bits per heavy atom. The molecule has 7 nitrogen and oxygen atoms in total. The predicted molar refractivity (Wildman–Crippen MR) is 84.2 cm³/mol. The first-order chi connectivity index (χ1) is 11.0. The van der Waals surface area contributed by atoms with Crippen LogP contribution in [0.4, 0.5) is 5.69 Å². The average molecular weight is 340 g/mol. The van der Waals surface area contributed by atoms with Crippen LogP contribution < -0.4 is 10.0 Å². The number of carboxylic acids is 1. The highest BCUT2D eigenvalue weighted by Gasteiger charge is 2.27. The molecule has 2 aliphatic rings.